The number of nitrogens with two attached hydrogens (primary N) is 1. The summed E-state index contributed by atoms with van der Waals surface area (Å²) in [6.07, 6.45) is 4.49. The number of hydrogen-bond donors (Lipinski definition) is 1. The maximum atomic E-state index is 13.7. The lowest BCUT2D eigenvalue weighted by molar-refractivity contribution is 0.333. The quantitative estimate of drug-likeness (QED) is 0.775. The molecule has 1 aliphatic carbocycles. The predicted octanol–water partition coefficient (Wildman–Crippen LogP) is 2.44. The van der Waals surface area contributed by atoms with Crippen molar-refractivity contribution in [2.24, 2.45) is 13.0 Å². The van der Waals surface area contributed by atoms with Gasteiger partial charge in [0.05, 0.1) is 0 Å². The maximum absolute atomic E-state index is 13.7. The number of rotatable bonds is 1. The van der Waals surface area contributed by atoms with Crippen molar-refractivity contribution < 1.29 is 4.39 Å². The van der Waals surface area contributed by atoms with Crippen molar-refractivity contribution in [2.75, 3.05) is 5.73 Å². The summed E-state index contributed by atoms with van der Waals surface area (Å²) in [5.41, 5.74) is 6.14. The van der Waals surface area contributed by atoms with Gasteiger partial charge < -0.3 is 5.73 Å². The van der Waals surface area contributed by atoms with Gasteiger partial charge in [0.2, 0.25) is 0 Å². The van der Waals surface area contributed by atoms with Crippen LogP contribution in [0.25, 0.3) is 0 Å². The molecule has 2 rings (SSSR count). The van der Waals surface area contributed by atoms with Crippen molar-refractivity contribution in [3.8, 4) is 0 Å². The zero-order chi connectivity index (χ0) is 11.0. The third-order valence-electron chi connectivity index (χ3n) is 3.38. The molecule has 2 atom stereocenters. The summed E-state index contributed by atoms with van der Waals surface area (Å²) in [6, 6.07) is 0. The lowest BCUT2D eigenvalue weighted by Gasteiger charge is -2.25. The monoisotopic (exact) mass is 211 g/mol. The molecular formula is C11H18FN3. The van der Waals surface area contributed by atoms with Crippen molar-refractivity contribution in [1.29, 1.82) is 0 Å². The number of nitrogens with zero attached hydrogens (tertiary/aromatic N) is 2. The van der Waals surface area contributed by atoms with Crippen molar-refractivity contribution >= 4 is 5.82 Å². The minimum Gasteiger partial charge on any atom is -0.381 e. The first-order valence-corrected chi connectivity index (χ1v) is 5.57. The number of aromatic nitrogens is 2. The molecule has 0 radical (unpaired) electrons. The van der Waals surface area contributed by atoms with Crippen LogP contribution in [-0.4, -0.2) is 9.78 Å². The Labute approximate surface area is 89.5 Å². The van der Waals surface area contributed by atoms with Gasteiger partial charge in [-0.15, -0.1) is 0 Å². The van der Waals surface area contributed by atoms with E-state index in [-0.39, 0.29) is 17.6 Å². The highest BCUT2D eigenvalue weighted by Crippen LogP contribution is 2.37. The Balaban J connectivity index is 2.25. The Morgan fingerprint density at radius 2 is 2.20 bits per heavy atom. The first-order valence-electron chi connectivity index (χ1n) is 5.57. The fourth-order valence-corrected chi connectivity index (χ4v) is 2.48. The molecular weight excluding hydrogens is 193 g/mol. The average Bonchev–Trinajstić information content (AvgIpc) is 2.46. The summed E-state index contributed by atoms with van der Waals surface area (Å²) < 4.78 is 15.2. The Morgan fingerprint density at radius 1 is 1.47 bits per heavy atom. The van der Waals surface area contributed by atoms with Crippen LogP contribution < -0.4 is 5.73 Å². The van der Waals surface area contributed by atoms with Gasteiger partial charge >= 0.3 is 0 Å². The molecule has 4 heteroatoms. The summed E-state index contributed by atoms with van der Waals surface area (Å²) in [6.45, 7) is 2.22. The molecule has 1 fully saturated rings. The molecule has 1 heterocycles. The van der Waals surface area contributed by atoms with Gasteiger partial charge in [-0.05, 0) is 18.8 Å². The highest BCUT2D eigenvalue weighted by Gasteiger charge is 2.26. The van der Waals surface area contributed by atoms with Gasteiger partial charge in [0.25, 0.3) is 0 Å². The molecule has 0 aliphatic heterocycles. The highest BCUT2D eigenvalue weighted by molar-refractivity contribution is 5.35. The van der Waals surface area contributed by atoms with E-state index >= 15 is 0 Å². The Kier molecular flexibility index (Phi) is 2.67. The van der Waals surface area contributed by atoms with E-state index in [9.17, 15) is 4.39 Å². The van der Waals surface area contributed by atoms with E-state index in [4.69, 9.17) is 5.73 Å². The number of halogens is 1. The number of anilines is 1. The lowest BCUT2D eigenvalue weighted by Crippen LogP contribution is -2.13. The van der Waals surface area contributed by atoms with Crippen molar-refractivity contribution in [2.45, 2.75) is 38.5 Å². The lowest BCUT2D eigenvalue weighted by atomic mass is 9.81. The van der Waals surface area contributed by atoms with Crippen LogP contribution in [0, 0.1) is 11.7 Å². The minimum atomic E-state index is -0.309. The first kappa shape index (κ1) is 10.5. The van der Waals surface area contributed by atoms with Gasteiger partial charge in [0.1, 0.15) is 5.69 Å². The zero-order valence-corrected chi connectivity index (χ0v) is 9.33. The summed E-state index contributed by atoms with van der Waals surface area (Å²) in [4.78, 5) is 0. The third kappa shape index (κ3) is 1.85. The standard InChI is InChI=1S/C11H18FN3/c1-7-4-3-5-8(6-7)10-9(12)11(13)15(2)14-10/h7-8H,3-6,13H2,1-2H3. The van der Waals surface area contributed by atoms with Gasteiger partial charge in [0.15, 0.2) is 11.6 Å². The first-order chi connectivity index (χ1) is 7.09. The van der Waals surface area contributed by atoms with E-state index in [1.54, 1.807) is 7.05 Å². The molecule has 1 aromatic rings. The van der Waals surface area contributed by atoms with Crippen LogP contribution in [-0.2, 0) is 7.05 Å². The zero-order valence-electron chi connectivity index (χ0n) is 9.33. The van der Waals surface area contributed by atoms with Crippen LogP contribution in [0.4, 0.5) is 10.2 Å². The van der Waals surface area contributed by atoms with Gasteiger partial charge in [0, 0.05) is 13.0 Å². The second kappa shape index (κ2) is 3.83. The highest BCUT2D eigenvalue weighted by atomic mass is 19.1. The summed E-state index contributed by atoms with van der Waals surface area (Å²) in [5.74, 6) is 0.781. The molecule has 84 valence electrons. The van der Waals surface area contributed by atoms with Gasteiger partial charge in [-0.3, -0.25) is 4.68 Å². The van der Waals surface area contributed by atoms with Crippen LogP contribution in [0.15, 0.2) is 0 Å². The fraction of sp³-hybridized carbons (Fsp3) is 0.727. The van der Waals surface area contributed by atoms with Gasteiger partial charge in [-0.1, -0.05) is 19.8 Å². The van der Waals surface area contributed by atoms with Crippen LogP contribution in [0.5, 0.6) is 0 Å². The van der Waals surface area contributed by atoms with Crippen molar-refractivity contribution in [1.82, 2.24) is 9.78 Å². The Hall–Kier alpha value is -1.06. The van der Waals surface area contributed by atoms with E-state index in [2.05, 4.69) is 12.0 Å². The number of nitrogen functional groups attached to an aromatic ring is 1. The predicted molar refractivity (Wildman–Crippen MR) is 58.0 cm³/mol. The van der Waals surface area contributed by atoms with Gasteiger partial charge in [-0.2, -0.15) is 5.10 Å². The molecule has 1 aliphatic rings. The maximum Gasteiger partial charge on any atom is 0.188 e. The average molecular weight is 211 g/mol. The summed E-state index contributed by atoms with van der Waals surface area (Å²) in [5, 5.41) is 4.18. The molecule has 1 saturated carbocycles. The fourth-order valence-electron chi connectivity index (χ4n) is 2.48. The second-order valence-corrected chi connectivity index (χ2v) is 4.68. The smallest absolute Gasteiger partial charge is 0.188 e. The van der Waals surface area contributed by atoms with E-state index in [1.807, 2.05) is 0 Å². The molecule has 1 aromatic heterocycles. The van der Waals surface area contributed by atoms with Crippen molar-refractivity contribution in [3.63, 3.8) is 0 Å². The number of aryl methyl sites for hydroxylation is 1. The molecule has 15 heavy (non-hydrogen) atoms. The van der Waals surface area contributed by atoms with E-state index < -0.39 is 0 Å². The van der Waals surface area contributed by atoms with Crippen LogP contribution in [0.2, 0.25) is 0 Å². The SMILES string of the molecule is CC1CCCC(c2nn(C)c(N)c2F)C1. The normalized spacial score (nSPS) is 26.9. The third-order valence-corrected chi connectivity index (χ3v) is 3.38. The van der Waals surface area contributed by atoms with E-state index in [0.717, 1.165) is 12.8 Å². The minimum absolute atomic E-state index is 0.156. The molecule has 2 N–H and O–H groups in total. The molecule has 3 nitrogen and oxygen atoms in total. The Morgan fingerprint density at radius 3 is 2.73 bits per heavy atom. The molecule has 0 aromatic carbocycles. The van der Waals surface area contributed by atoms with E-state index in [0.29, 0.717) is 11.6 Å². The Bertz CT molecular complexity index is 359. The van der Waals surface area contributed by atoms with E-state index in [1.165, 1.54) is 17.5 Å². The van der Waals surface area contributed by atoms with Crippen LogP contribution in [0.3, 0.4) is 0 Å². The number of hydrogen-bond acceptors (Lipinski definition) is 2. The van der Waals surface area contributed by atoms with Gasteiger partial charge in [-0.25, -0.2) is 4.39 Å². The second-order valence-electron chi connectivity index (χ2n) is 4.68. The summed E-state index contributed by atoms with van der Waals surface area (Å²) in [7, 11) is 1.69. The topological polar surface area (TPSA) is 43.8 Å². The largest absolute Gasteiger partial charge is 0.381 e. The summed E-state index contributed by atoms with van der Waals surface area (Å²) >= 11 is 0. The molecule has 2 unspecified atom stereocenters. The van der Waals surface area contributed by atoms with Crippen LogP contribution in [0.1, 0.15) is 44.2 Å². The van der Waals surface area contributed by atoms with Crippen LogP contribution >= 0.6 is 0 Å². The molecule has 0 bridgehead atoms. The molecule has 0 spiro atoms. The molecule has 0 amide bonds. The van der Waals surface area contributed by atoms with Crippen molar-refractivity contribution in [3.05, 3.63) is 11.5 Å². The molecule has 0 saturated heterocycles.